The van der Waals surface area contributed by atoms with Gasteiger partial charge >= 0.3 is 0 Å². The van der Waals surface area contributed by atoms with Crippen LogP contribution in [0.4, 0.5) is 5.69 Å². The van der Waals surface area contributed by atoms with Crippen LogP contribution in [0.3, 0.4) is 0 Å². The highest BCUT2D eigenvalue weighted by atomic mass is 16.3. The molecule has 0 aromatic heterocycles. The molecule has 4 N–H and O–H groups in total. The average molecular weight is 270 g/mol. The molecule has 0 radical (unpaired) electrons. The summed E-state index contributed by atoms with van der Waals surface area (Å²) in [4.78, 5) is 12.0. The van der Waals surface area contributed by atoms with Gasteiger partial charge in [-0.05, 0) is 41.8 Å². The van der Waals surface area contributed by atoms with E-state index in [9.17, 15) is 4.79 Å². The number of nitrogens with one attached hydrogen (secondary N) is 1. The monoisotopic (exact) mass is 270 g/mol. The minimum atomic E-state index is -0.137. The number of benzene rings is 2. The summed E-state index contributed by atoms with van der Waals surface area (Å²) in [6.45, 7) is 2.30. The summed E-state index contributed by atoms with van der Waals surface area (Å²) in [5, 5.41) is 11.9. The van der Waals surface area contributed by atoms with E-state index in [2.05, 4.69) is 5.32 Å². The summed E-state index contributed by atoms with van der Waals surface area (Å²) in [5.41, 5.74) is 9.68. The van der Waals surface area contributed by atoms with Crippen molar-refractivity contribution in [2.24, 2.45) is 0 Å². The normalized spacial score (nSPS) is 10.3. The molecule has 0 spiro atoms. The van der Waals surface area contributed by atoms with Gasteiger partial charge in [-0.25, -0.2) is 0 Å². The lowest BCUT2D eigenvalue weighted by Crippen LogP contribution is -2.23. The molecule has 0 aliphatic carbocycles. The molecule has 0 heterocycles. The van der Waals surface area contributed by atoms with Crippen LogP contribution >= 0.6 is 0 Å². The predicted octanol–water partition coefficient (Wildman–Crippen LogP) is 2.00. The van der Waals surface area contributed by atoms with E-state index < -0.39 is 0 Å². The first-order valence-corrected chi connectivity index (χ1v) is 6.43. The quantitative estimate of drug-likeness (QED) is 0.744. The van der Waals surface area contributed by atoms with Crippen molar-refractivity contribution in [1.82, 2.24) is 5.32 Å². The number of aliphatic hydroxyl groups is 1. The number of anilines is 1. The van der Waals surface area contributed by atoms with Crippen molar-refractivity contribution in [3.8, 4) is 0 Å². The van der Waals surface area contributed by atoms with Crippen molar-refractivity contribution in [2.45, 2.75) is 20.1 Å². The second-order valence-corrected chi connectivity index (χ2v) is 4.73. The van der Waals surface area contributed by atoms with E-state index in [1.807, 2.05) is 31.2 Å². The van der Waals surface area contributed by atoms with Crippen LogP contribution in [0.25, 0.3) is 0 Å². The number of carbonyl (C=O) groups is 1. The second-order valence-electron chi connectivity index (χ2n) is 4.73. The van der Waals surface area contributed by atoms with Crippen LogP contribution in [-0.4, -0.2) is 11.0 Å². The summed E-state index contributed by atoms with van der Waals surface area (Å²) >= 11 is 0. The maximum atomic E-state index is 12.0. The highest BCUT2D eigenvalue weighted by Gasteiger charge is 2.06. The van der Waals surface area contributed by atoms with Gasteiger partial charge < -0.3 is 16.2 Å². The summed E-state index contributed by atoms with van der Waals surface area (Å²) in [6, 6.07) is 12.7. The molecule has 4 heteroatoms. The highest BCUT2D eigenvalue weighted by Crippen LogP contribution is 2.13. The lowest BCUT2D eigenvalue weighted by atomic mass is 10.1. The molecule has 0 aliphatic rings. The molecule has 2 aromatic carbocycles. The third-order valence-corrected chi connectivity index (χ3v) is 3.16. The fraction of sp³-hybridized carbons (Fsp3) is 0.188. The molecule has 4 nitrogen and oxygen atoms in total. The number of hydrogen-bond acceptors (Lipinski definition) is 3. The zero-order chi connectivity index (χ0) is 14.5. The van der Waals surface area contributed by atoms with Crippen LogP contribution in [-0.2, 0) is 13.2 Å². The van der Waals surface area contributed by atoms with E-state index in [-0.39, 0.29) is 12.5 Å². The zero-order valence-corrected chi connectivity index (χ0v) is 11.4. The Morgan fingerprint density at radius 1 is 1.20 bits per heavy atom. The van der Waals surface area contributed by atoms with Gasteiger partial charge in [0.05, 0.1) is 6.61 Å². The van der Waals surface area contributed by atoms with Gasteiger partial charge in [0.1, 0.15) is 0 Å². The Balaban J connectivity index is 2.02. The summed E-state index contributed by atoms with van der Waals surface area (Å²) in [7, 11) is 0. The lowest BCUT2D eigenvalue weighted by molar-refractivity contribution is 0.0951. The first-order chi connectivity index (χ1) is 9.60. The molecule has 20 heavy (non-hydrogen) atoms. The van der Waals surface area contributed by atoms with Gasteiger partial charge in [-0.3, -0.25) is 4.79 Å². The van der Waals surface area contributed by atoms with E-state index in [0.717, 1.165) is 16.7 Å². The molecule has 0 fully saturated rings. The van der Waals surface area contributed by atoms with E-state index in [1.54, 1.807) is 18.2 Å². The number of aliphatic hydroxyl groups excluding tert-OH is 1. The molecule has 2 rings (SSSR count). The van der Waals surface area contributed by atoms with Crippen molar-refractivity contribution in [3.63, 3.8) is 0 Å². The third kappa shape index (κ3) is 3.36. The van der Waals surface area contributed by atoms with Crippen LogP contribution in [0.1, 0.15) is 27.0 Å². The Bertz CT molecular complexity index is 624. The maximum Gasteiger partial charge on any atom is 0.251 e. The molecular formula is C16H18N2O2. The summed E-state index contributed by atoms with van der Waals surface area (Å²) < 4.78 is 0. The highest BCUT2D eigenvalue weighted by molar-refractivity contribution is 5.94. The number of nitrogen functional groups attached to an aromatic ring is 1. The Labute approximate surface area is 118 Å². The first kappa shape index (κ1) is 14.1. The Hall–Kier alpha value is -2.33. The largest absolute Gasteiger partial charge is 0.399 e. The van der Waals surface area contributed by atoms with E-state index in [1.165, 1.54) is 0 Å². The average Bonchev–Trinajstić information content (AvgIpc) is 2.47. The smallest absolute Gasteiger partial charge is 0.251 e. The molecule has 2 aromatic rings. The Kier molecular flexibility index (Phi) is 4.38. The maximum absolute atomic E-state index is 12.0. The number of carbonyl (C=O) groups excluding carboxylic acids is 1. The Morgan fingerprint density at radius 3 is 2.65 bits per heavy atom. The Morgan fingerprint density at radius 2 is 1.95 bits per heavy atom. The SMILES string of the molecule is Cc1cc(C(=O)NCc2cccc(CO)c2)ccc1N. The molecule has 1 amide bonds. The number of rotatable bonds is 4. The van der Waals surface area contributed by atoms with Crippen molar-refractivity contribution < 1.29 is 9.90 Å². The van der Waals surface area contributed by atoms with E-state index >= 15 is 0 Å². The van der Waals surface area contributed by atoms with Gasteiger partial charge in [0.15, 0.2) is 0 Å². The lowest BCUT2D eigenvalue weighted by Gasteiger charge is -2.08. The van der Waals surface area contributed by atoms with Crippen molar-refractivity contribution in [2.75, 3.05) is 5.73 Å². The first-order valence-electron chi connectivity index (χ1n) is 6.43. The number of hydrogen-bond donors (Lipinski definition) is 3. The summed E-state index contributed by atoms with van der Waals surface area (Å²) in [6.07, 6.45) is 0. The van der Waals surface area contributed by atoms with E-state index in [0.29, 0.717) is 17.8 Å². The second kappa shape index (κ2) is 6.21. The number of amides is 1. The topological polar surface area (TPSA) is 75.3 Å². The van der Waals surface area contributed by atoms with Crippen LogP contribution in [0.5, 0.6) is 0 Å². The predicted molar refractivity (Wildman–Crippen MR) is 79.1 cm³/mol. The fourth-order valence-electron chi connectivity index (χ4n) is 1.94. The van der Waals surface area contributed by atoms with Crippen LogP contribution in [0, 0.1) is 6.92 Å². The molecular weight excluding hydrogens is 252 g/mol. The van der Waals surface area contributed by atoms with Crippen LogP contribution < -0.4 is 11.1 Å². The van der Waals surface area contributed by atoms with Gasteiger partial charge in [0.25, 0.3) is 5.91 Å². The molecule has 0 saturated carbocycles. The van der Waals surface area contributed by atoms with Gasteiger partial charge in [-0.2, -0.15) is 0 Å². The standard InChI is InChI=1S/C16H18N2O2/c1-11-7-14(5-6-15(11)17)16(20)18-9-12-3-2-4-13(8-12)10-19/h2-8,19H,9-10,17H2,1H3,(H,18,20). The fourth-order valence-corrected chi connectivity index (χ4v) is 1.94. The van der Waals surface area contributed by atoms with Gasteiger partial charge in [-0.15, -0.1) is 0 Å². The summed E-state index contributed by atoms with van der Waals surface area (Å²) in [5.74, 6) is -0.137. The number of nitrogens with two attached hydrogens (primary N) is 1. The molecule has 0 atom stereocenters. The molecule has 0 aliphatic heterocycles. The van der Waals surface area contributed by atoms with Crippen LogP contribution in [0.15, 0.2) is 42.5 Å². The zero-order valence-electron chi connectivity index (χ0n) is 11.4. The minimum Gasteiger partial charge on any atom is -0.399 e. The number of aryl methyl sites for hydroxylation is 1. The van der Waals surface area contributed by atoms with Gasteiger partial charge in [0.2, 0.25) is 0 Å². The molecule has 0 saturated heterocycles. The van der Waals surface area contributed by atoms with Gasteiger partial charge in [-0.1, -0.05) is 24.3 Å². The third-order valence-electron chi connectivity index (χ3n) is 3.16. The van der Waals surface area contributed by atoms with Crippen molar-refractivity contribution in [1.29, 1.82) is 0 Å². The van der Waals surface area contributed by atoms with Crippen molar-refractivity contribution in [3.05, 3.63) is 64.7 Å². The van der Waals surface area contributed by atoms with Gasteiger partial charge in [0, 0.05) is 17.8 Å². The minimum absolute atomic E-state index is 0.00105. The van der Waals surface area contributed by atoms with E-state index in [4.69, 9.17) is 10.8 Å². The van der Waals surface area contributed by atoms with Crippen LogP contribution in [0.2, 0.25) is 0 Å². The molecule has 104 valence electrons. The van der Waals surface area contributed by atoms with Crippen molar-refractivity contribution >= 4 is 11.6 Å². The molecule has 0 unspecified atom stereocenters. The molecule has 0 bridgehead atoms.